The molecule has 0 bridgehead atoms. The topological polar surface area (TPSA) is 386 Å². The number of amides is 7. The van der Waals surface area contributed by atoms with Crippen LogP contribution in [0.15, 0.2) is 4.99 Å². The Balaban J connectivity index is 2.94. The first-order valence-electron chi connectivity index (χ1n) is 20.6. The van der Waals surface area contributed by atoms with Crippen LogP contribution in [0.4, 0.5) is 0 Å². The van der Waals surface area contributed by atoms with Gasteiger partial charge in [0.2, 0.25) is 41.4 Å². The molecule has 1 aliphatic heterocycles. The summed E-state index contributed by atoms with van der Waals surface area (Å²) in [6, 6.07) is -8.54. The molecule has 23 heteroatoms. The highest BCUT2D eigenvalue weighted by atomic mass is 16.4. The van der Waals surface area contributed by atoms with Gasteiger partial charge in [0.15, 0.2) is 5.96 Å². The highest BCUT2D eigenvalue weighted by Crippen LogP contribution is 2.19. The second-order valence-corrected chi connectivity index (χ2v) is 16.0. The van der Waals surface area contributed by atoms with E-state index in [-0.39, 0.29) is 50.0 Å². The summed E-state index contributed by atoms with van der Waals surface area (Å²) in [5.41, 5.74) is 22.2. The number of nitrogens with one attached hydrogen (secondary N) is 6. The number of nitrogens with two attached hydrogens (primary N) is 4. The van der Waals surface area contributed by atoms with Crippen molar-refractivity contribution in [3.05, 3.63) is 0 Å². The Hall–Kier alpha value is -5.58. The first kappa shape index (κ1) is 53.4. The summed E-state index contributed by atoms with van der Waals surface area (Å²) in [5.74, 6) is -8.48. The minimum Gasteiger partial charge on any atom is -0.481 e. The van der Waals surface area contributed by atoms with Gasteiger partial charge in [0.05, 0.1) is 19.0 Å². The van der Waals surface area contributed by atoms with E-state index in [4.69, 9.17) is 22.9 Å². The number of nitrogens with zero attached hydrogens (tertiary/aromatic N) is 2. The van der Waals surface area contributed by atoms with E-state index in [9.17, 15) is 53.4 Å². The summed E-state index contributed by atoms with van der Waals surface area (Å²) in [7, 11) is 0. The third-order valence-electron chi connectivity index (χ3n) is 9.57. The van der Waals surface area contributed by atoms with Crippen molar-refractivity contribution in [1.82, 2.24) is 36.8 Å². The van der Waals surface area contributed by atoms with Crippen LogP contribution in [0.5, 0.6) is 0 Å². The van der Waals surface area contributed by atoms with Gasteiger partial charge in [-0.1, -0.05) is 27.7 Å². The van der Waals surface area contributed by atoms with Crippen LogP contribution in [0.1, 0.15) is 98.8 Å². The largest absolute Gasteiger partial charge is 0.481 e. The van der Waals surface area contributed by atoms with Crippen LogP contribution >= 0.6 is 0 Å². The minimum atomic E-state index is -1.71. The number of carbonyl (C=O) groups excluding carboxylic acids is 7. The normalized spacial score (nSPS) is 16.5. The van der Waals surface area contributed by atoms with Gasteiger partial charge in [0, 0.05) is 13.1 Å². The van der Waals surface area contributed by atoms with Crippen LogP contribution in [0.2, 0.25) is 0 Å². The molecule has 0 aromatic carbocycles. The lowest BCUT2D eigenvalue weighted by Gasteiger charge is -2.27. The highest BCUT2D eigenvalue weighted by molar-refractivity contribution is 5.97. The molecule has 7 amide bonds. The highest BCUT2D eigenvalue weighted by Gasteiger charge is 2.37. The predicted octanol–water partition coefficient (Wildman–Crippen LogP) is -3.30. The van der Waals surface area contributed by atoms with Crippen molar-refractivity contribution < 1.29 is 53.4 Å². The fraction of sp³-hybridized carbons (Fsp3) is 0.737. The van der Waals surface area contributed by atoms with Gasteiger partial charge in [-0.25, -0.2) is 4.79 Å². The minimum absolute atomic E-state index is 0.0522. The van der Waals surface area contributed by atoms with Crippen LogP contribution in [0.25, 0.3) is 0 Å². The molecular formula is C38H68N12O11. The van der Waals surface area contributed by atoms with E-state index in [1.54, 1.807) is 27.7 Å². The zero-order valence-electron chi connectivity index (χ0n) is 35.9. The Morgan fingerprint density at radius 1 is 0.721 bits per heavy atom. The summed E-state index contributed by atoms with van der Waals surface area (Å²) in [4.78, 5) is 121. The molecule has 1 aliphatic rings. The Bertz CT molecular complexity index is 1560. The number of unbranched alkanes of at least 4 members (excludes halogenated alkanes) is 1. The van der Waals surface area contributed by atoms with Crippen LogP contribution < -0.4 is 54.8 Å². The smallest absolute Gasteiger partial charge is 0.326 e. The van der Waals surface area contributed by atoms with E-state index in [2.05, 4.69) is 36.9 Å². The van der Waals surface area contributed by atoms with Crippen LogP contribution in [0.3, 0.4) is 0 Å². The monoisotopic (exact) mass is 869 g/mol. The van der Waals surface area contributed by atoms with E-state index in [1.807, 2.05) is 0 Å². The van der Waals surface area contributed by atoms with Gasteiger partial charge in [-0.2, -0.15) is 0 Å². The fourth-order valence-corrected chi connectivity index (χ4v) is 6.45. The maximum absolute atomic E-state index is 13.4. The first-order chi connectivity index (χ1) is 28.6. The first-order valence-corrected chi connectivity index (χ1v) is 20.6. The van der Waals surface area contributed by atoms with E-state index >= 15 is 0 Å². The molecular weight excluding hydrogens is 800 g/mol. The standard InChI is InChI=1S/C38H68N12O11/c1-20(2)16-25(46-29(51)19-44-35(58)28-12-9-15-50(28)36(59)23(40)10-8-14-43-38(41)42)32(55)45-22(5)31(54)48-27(18-30(52)53)34(57)49-26(17-21(3)4)33(56)47-24(37(60)61)11-6-7-13-39/h20-28H,6-19,39-40H2,1-5H3,(H,44,58)(H,45,55)(H,46,51)(H,47,56)(H,48,54)(H,49,57)(H,52,53)(H,60,61)(H4,41,42,43)/t22-,23-,24-,25-,26-,27-,28-/m0/s1. The predicted molar refractivity (Wildman–Crippen MR) is 223 cm³/mol. The number of hydrogen-bond donors (Lipinski definition) is 12. The van der Waals surface area contributed by atoms with Crippen LogP contribution in [0, 0.1) is 11.8 Å². The van der Waals surface area contributed by atoms with E-state index in [1.165, 1.54) is 11.8 Å². The lowest BCUT2D eigenvalue weighted by molar-refractivity contribution is -0.143. The molecule has 0 spiro atoms. The molecule has 346 valence electrons. The van der Waals surface area contributed by atoms with Gasteiger partial charge in [-0.15, -0.1) is 0 Å². The molecule has 1 saturated heterocycles. The number of likely N-dealkylation sites (tertiary alicyclic amines) is 1. The number of aliphatic imine (C=N–C) groups is 1. The van der Waals surface area contributed by atoms with Crippen molar-refractivity contribution in [2.24, 2.45) is 39.8 Å². The molecule has 0 unspecified atom stereocenters. The quantitative estimate of drug-likeness (QED) is 0.0208. The molecule has 1 rings (SSSR count). The average molecular weight is 869 g/mol. The average Bonchev–Trinajstić information content (AvgIpc) is 3.66. The molecule has 0 aromatic rings. The van der Waals surface area contributed by atoms with Gasteiger partial charge in [-0.3, -0.25) is 43.3 Å². The second kappa shape index (κ2) is 27.3. The van der Waals surface area contributed by atoms with Crippen molar-refractivity contribution in [2.75, 3.05) is 26.2 Å². The molecule has 61 heavy (non-hydrogen) atoms. The molecule has 0 radical (unpaired) electrons. The Kier molecular flexibility index (Phi) is 23.9. The fourth-order valence-electron chi connectivity index (χ4n) is 6.45. The van der Waals surface area contributed by atoms with Crippen molar-refractivity contribution in [3.63, 3.8) is 0 Å². The molecule has 16 N–H and O–H groups in total. The van der Waals surface area contributed by atoms with Gasteiger partial charge >= 0.3 is 11.9 Å². The molecule has 0 saturated carbocycles. The van der Waals surface area contributed by atoms with Crippen molar-refractivity contribution >= 4 is 59.2 Å². The molecule has 1 fully saturated rings. The summed E-state index contributed by atoms with van der Waals surface area (Å²) in [5, 5.41) is 33.8. The molecule has 23 nitrogen and oxygen atoms in total. The third-order valence-corrected chi connectivity index (χ3v) is 9.57. The van der Waals surface area contributed by atoms with Gasteiger partial charge in [-0.05, 0) is 83.1 Å². The lowest BCUT2D eigenvalue weighted by atomic mass is 10.0. The summed E-state index contributed by atoms with van der Waals surface area (Å²) >= 11 is 0. The number of carboxylic acid groups (broad SMARTS) is 2. The Morgan fingerprint density at radius 2 is 1.28 bits per heavy atom. The molecule has 0 aliphatic carbocycles. The maximum atomic E-state index is 13.4. The van der Waals surface area contributed by atoms with Crippen LogP contribution in [-0.2, 0) is 43.2 Å². The summed E-state index contributed by atoms with van der Waals surface area (Å²) < 4.78 is 0. The lowest BCUT2D eigenvalue weighted by Crippen LogP contribution is -2.59. The second-order valence-electron chi connectivity index (χ2n) is 16.0. The van der Waals surface area contributed by atoms with Crippen LogP contribution in [-0.4, -0.2) is 143 Å². The zero-order chi connectivity index (χ0) is 46.4. The molecule has 7 atom stereocenters. The summed E-state index contributed by atoms with van der Waals surface area (Å²) in [6.45, 7) is 8.73. The number of guanidine groups is 1. The Morgan fingerprint density at radius 3 is 1.84 bits per heavy atom. The van der Waals surface area contributed by atoms with Gasteiger partial charge < -0.3 is 69.9 Å². The number of aliphatic carboxylic acids is 2. The van der Waals surface area contributed by atoms with E-state index < -0.39 is 109 Å². The SMILES string of the molecule is CC(C)C[C@H](NC(=O)CNC(=O)[C@@H]1CCCN1C(=O)[C@@H](N)CCCN=C(N)N)C(=O)N[C@@H](C)C(=O)N[C@@H](CC(=O)O)C(=O)N[C@@H](CC(C)C)C(=O)N[C@@H](CCCCN)C(=O)O. The van der Waals surface area contributed by atoms with E-state index in [0.717, 1.165) is 0 Å². The summed E-state index contributed by atoms with van der Waals surface area (Å²) in [6.07, 6.45) is 1.94. The van der Waals surface area contributed by atoms with Gasteiger partial charge in [0.25, 0.3) is 0 Å². The third kappa shape index (κ3) is 20.5. The van der Waals surface area contributed by atoms with Crippen molar-refractivity contribution in [1.29, 1.82) is 0 Å². The van der Waals surface area contributed by atoms with Crippen molar-refractivity contribution in [3.8, 4) is 0 Å². The number of carbonyl (C=O) groups is 9. The number of rotatable bonds is 28. The number of carboxylic acids is 2. The zero-order valence-corrected chi connectivity index (χ0v) is 35.9. The van der Waals surface area contributed by atoms with E-state index in [0.29, 0.717) is 45.2 Å². The molecule has 1 heterocycles. The van der Waals surface area contributed by atoms with Crippen molar-refractivity contribution in [2.45, 2.75) is 141 Å². The maximum Gasteiger partial charge on any atom is 0.326 e. The Labute approximate surface area is 356 Å². The molecule has 0 aromatic heterocycles. The van der Waals surface area contributed by atoms with Gasteiger partial charge in [0.1, 0.15) is 36.3 Å². The number of hydrogen-bond acceptors (Lipinski definition) is 12.